The summed E-state index contributed by atoms with van der Waals surface area (Å²) in [4.78, 5) is 4.57. The van der Waals surface area contributed by atoms with Gasteiger partial charge < -0.3 is 10.1 Å². The topological polar surface area (TPSA) is 68.3 Å². The van der Waals surface area contributed by atoms with E-state index in [9.17, 15) is 12.8 Å². The molecule has 0 aliphatic rings. The first-order valence-electron chi connectivity index (χ1n) is 9.78. The Labute approximate surface area is 180 Å². The molecule has 1 aromatic heterocycles. The van der Waals surface area contributed by atoms with Crippen LogP contribution in [-0.4, -0.2) is 20.0 Å². The molecule has 4 rings (SSSR count). The molecule has 0 amide bonds. The van der Waals surface area contributed by atoms with E-state index >= 15 is 0 Å². The molecule has 3 aromatic carbocycles. The first-order valence-corrected chi connectivity index (χ1v) is 11.3. The van der Waals surface area contributed by atoms with E-state index in [2.05, 4.69) is 10.3 Å². The molecule has 4 aromatic rings. The summed E-state index contributed by atoms with van der Waals surface area (Å²) in [5.74, 6) is 0.222. The molecule has 0 bridgehead atoms. The summed E-state index contributed by atoms with van der Waals surface area (Å²) < 4.78 is 46.0. The van der Waals surface area contributed by atoms with E-state index in [4.69, 9.17) is 4.74 Å². The fraction of sp³-hybridized carbons (Fsp3) is 0.125. The maximum Gasteiger partial charge on any atom is 0.210 e. The highest BCUT2D eigenvalue weighted by Gasteiger charge is 2.24. The number of hydrogen-bond donors (Lipinski definition) is 1. The number of ether oxygens (including phenoxy) is 1. The van der Waals surface area contributed by atoms with Gasteiger partial charge in [0.2, 0.25) is 9.84 Å². The van der Waals surface area contributed by atoms with Gasteiger partial charge in [-0.2, -0.15) is 0 Å². The van der Waals surface area contributed by atoms with Gasteiger partial charge in [-0.1, -0.05) is 17.7 Å². The molecular weight excluding hydrogens is 415 g/mol. The summed E-state index contributed by atoms with van der Waals surface area (Å²) >= 11 is 0. The number of aromatic nitrogens is 1. The molecule has 0 atom stereocenters. The molecule has 1 heterocycles. The van der Waals surface area contributed by atoms with Crippen LogP contribution < -0.4 is 10.1 Å². The molecule has 158 valence electrons. The Morgan fingerprint density at radius 1 is 1.00 bits per heavy atom. The number of pyridine rings is 1. The van der Waals surface area contributed by atoms with E-state index in [0.29, 0.717) is 34.6 Å². The van der Waals surface area contributed by atoms with Crippen molar-refractivity contribution in [3.05, 3.63) is 84.3 Å². The Balaban J connectivity index is 1.95. The fourth-order valence-electron chi connectivity index (χ4n) is 3.26. The number of halogens is 1. The van der Waals surface area contributed by atoms with Gasteiger partial charge in [-0.3, -0.25) is 4.98 Å². The molecule has 0 saturated carbocycles. The van der Waals surface area contributed by atoms with Gasteiger partial charge in [0.1, 0.15) is 16.5 Å². The second-order valence-corrected chi connectivity index (χ2v) is 8.98. The predicted octanol–water partition coefficient (Wildman–Crippen LogP) is 5.66. The maximum atomic E-state index is 13.5. The van der Waals surface area contributed by atoms with Gasteiger partial charge in [0.25, 0.3) is 0 Å². The van der Waals surface area contributed by atoms with E-state index in [1.165, 1.54) is 18.3 Å². The molecule has 0 unspecified atom stereocenters. The Morgan fingerprint density at radius 2 is 1.71 bits per heavy atom. The molecule has 7 heteroatoms. The number of hydrogen-bond acceptors (Lipinski definition) is 5. The van der Waals surface area contributed by atoms with Crippen LogP contribution in [0.15, 0.2) is 82.7 Å². The van der Waals surface area contributed by atoms with Crippen LogP contribution in [0, 0.1) is 12.7 Å². The summed E-state index contributed by atoms with van der Waals surface area (Å²) in [7, 11) is -3.87. The minimum absolute atomic E-state index is 0.0295. The third kappa shape index (κ3) is 4.22. The van der Waals surface area contributed by atoms with Crippen LogP contribution in [-0.2, 0) is 9.84 Å². The van der Waals surface area contributed by atoms with Crippen molar-refractivity contribution < 1.29 is 17.5 Å². The number of benzene rings is 3. The van der Waals surface area contributed by atoms with Crippen molar-refractivity contribution in [2.24, 2.45) is 0 Å². The highest BCUT2D eigenvalue weighted by molar-refractivity contribution is 7.91. The quantitative estimate of drug-likeness (QED) is 0.423. The van der Waals surface area contributed by atoms with E-state index in [0.717, 1.165) is 5.56 Å². The van der Waals surface area contributed by atoms with Crippen molar-refractivity contribution in [3.63, 3.8) is 0 Å². The summed E-state index contributed by atoms with van der Waals surface area (Å²) in [6.45, 7) is 4.24. The van der Waals surface area contributed by atoms with Crippen LogP contribution in [0.4, 0.5) is 15.8 Å². The number of anilines is 2. The van der Waals surface area contributed by atoms with Crippen LogP contribution in [0.5, 0.6) is 5.75 Å². The number of sulfone groups is 1. The molecular formula is C24H21FN2O3S. The van der Waals surface area contributed by atoms with Crippen molar-refractivity contribution in [1.29, 1.82) is 0 Å². The van der Waals surface area contributed by atoms with Gasteiger partial charge in [0.05, 0.1) is 22.7 Å². The third-order valence-corrected chi connectivity index (χ3v) is 6.63. The second-order valence-electron chi connectivity index (χ2n) is 7.06. The lowest BCUT2D eigenvalue weighted by molar-refractivity contribution is 0.340. The second kappa shape index (κ2) is 8.35. The van der Waals surface area contributed by atoms with Gasteiger partial charge in [-0.25, -0.2) is 12.8 Å². The minimum atomic E-state index is -3.87. The standard InChI is InChI=1S/C24H21FN2O3S/c1-3-30-19-10-13-22-21(14-19)24(27-18-8-6-17(25)7-9-18)23(15-26-22)31(28,29)20-11-4-16(2)5-12-20/h4-15H,3H2,1-2H3,(H,26,27). The summed E-state index contributed by atoms with van der Waals surface area (Å²) in [6, 6.07) is 17.7. The number of nitrogens with zero attached hydrogens (tertiary/aromatic N) is 1. The Bertz CT molecular complexity index is 1340. The van der Waals surface area contributed by atoms with E-state index in [1.807, 2.05) is 13.8 Å². The van der Waals surface area contributed by atoms with Crippen LogP contribution in [0.3, 0.4) is 0 Å². The van der Waals surface area contributed by atoms with Crippen molar-refractivity contribution in [2.75, 3.05) is 11.9 Å². The van der Waals surface area contributed by atoms with Crippen LogP contribution in [0.25, 0.3) is 10.9 Å². The lowest BCUT2D eigenvalue weighted by atomic mass is 10.1. The van der Waals surface area contributed by atoms with Gasteiger partial charge in [-0.15, -0.1) is 0 Å². The van der Waals surface area contributed by atoms with Gasteiger partial charge in [0.15, 0.2) is 0 Å². The first kappa shape index (κ1) is 20.8. The highest BCUT2D eigenvalue weighted by Crippen LogP contribution is 2.36. The molecule has 0 aliphatic carbocycles. The largest absolute Gasteiger partial charge is 0.494 e. The average Bonchev–Trinajstić information content (AvgIpc) is 2.76. The molecule has 0 radical (unpaired) electrons. The van der Waals surface area contributed by atoms with Crippen LogP contribution in [0.2, 0.25) is 0 Å². The Hall–Kier alpha value is -3.45. The van der Waals surface area contributed by atoms with Gasteiger partial charge >= 0.3 is 0 Å². The normalized spacial score (nSPS) is 11.5. The zero-order valence-electron chi connectivity index (χ0n) is 17.1. The number of nitrogens with one attached hydrogen (secondary N) is 1. The van der Waals surface area contributed by atoms with E-state index in [1.54, 1.807) is 54.6 Å². The molecule has 31 heavy (non-hydrogen) atoms. The Kier molecular flexibility index (Phi) is 5.61. The van der Waals surface area contributed by atoms with E-state index in [-0.39, 0.29) is 15.6 Å². The van der Waals surface area contributed by atoms with Crippen molar-refractivity contribution in [3.8, 4) is 5.75 Å². The zero-order valence-corrected chi connectivity index (χ0v) is 17.9. The summed E-state index contributed by atoms with van der Waals surface area (Å²) in [6.07, 6.45) is 1.35. The zero-order chi connectivity index (χ0) is 22.0. The number of aryl methyl sites for hydroxylation is 1. The lowest BCUT2D eigenvalue weighted by Gasteiger charge is -2.16. The molecule has 5 nitrogen and oxygen atoms in total. The Morgan fingerprint density at radius 3 is 2.39 bits per heavy atom. The van der Waals surface area contributed by atoms with Gasteiger partial charge in [0, 0.05) is 17.3 Å². The van der Waals surface area contributed by atoms with Crippen molar-refractivity contribution >= 4 is 32.1 Å². The molecule has 0 aliphatic heterocycles. The SMILES string of the molecule is CCOc1ccc2ncc(S(=O)(=O)c3ccc(C)cc3)c(Nc3ccc(F)cc3)c2c1. The minimum Gasteiger partial charge on any atom is -0.494 e. The molecule has 0 saturated heterocycles. The molecule has 0 fully saturated rings. The first-order chi connectivity index (χ1) is 14.9. The monoisotopic (exact) mass is 436 g/mol. The van der Waals surface area contributed by atoms with Crippen molar-refractivity contribution in [1.82, 2.24) is 4.98 Å². The molecule has 1 N–H and O–H groups in total. The predicted molar refractivity (Wildman–Crippen MR) is 119 cm³/mol. The maximum absolute atomic E-state index is 13.5. The smallest absolute Gasteiger partial charge is 0.210 e. The van der Waals surface area contributed by atoms with Crippen molar-refractivity contribution in [2.45, 2.75) is 23.6 Å². The lowest BCUT2D eigenvalue weighted by Crippen LogP contribution is -2.07. The highest BCUT2D eigenvalue weighted by atomic mass is 32.2. The van der Waals surface area contributed by atoms with Crippen LogP contribution >= 0.6 is 0 Å². The molecule has 0 spiro atoms. The average molecular weight is 437 g/mol. The summed E-state index contributed by atoms with van der Waals surface area (Å²) in [5, 5.41) is 3.74. The third-order valence-electron chi connectivity index (χ3n) is 4.85. The van der Waals surface area contributed by atoms with Gasteiger partial charge in [-0.05, 0) is 68.4 Å². The summed E-state index contributed by atoms with van der Waals surface area (Å²) in [5.41, 5.74) is 2.48. The number of rotatable bonds is 6. The number of fused-ring (bicyclic) bond motifs is 1. The van der Waals surface area contributed by atoms with E-state index < -0.39 is 9.84 Å². The van der Waals surface area contributed by atoms with Crippen LogP contribution in [0.1, 0.15) is 12.5 Å². The fourth-order valence-corrected chi connectivity index (χ4v) is 4.63.